The first-order valence-corrected chi connectivity index (χ1v) is 9.08. The molecule has 1 amide bonds. The molecule has 0 radical (unpaired) electrons. The van der Waals surface area contributed by atoms with E-state index in [1.165, 1.54) is 7.11 Å². The van der Waals surface area contributed by atoms with Gasteiger partial charge in [-0.3, -0.25) is 4.79 Å². The number of anilines is 1. The van der Waals surface area contributed by atoms with Crippen LogP contribution in [0.4, 0.5) is 5.69 Å². The van der Waals surface area contributed by atoms with E-state index >= 15 is 0 Å². The fourth-order valence-electron chi connectivity index (χ4n) is 2.77. The highest BCUT2D eigenvalue weighted by atomic mass is 16.5. The minimum atomic E-state index is -0.417. The van der Waals surface area contributed by atoms with Crippen LogP contribution in [0.2, 0.25) is 0 Å². The predicted octanol–water partition coefficient (Wildman–Crippen LogP) is 3.84. The summed E-state index contributed by atoms with van der Waals surface area (Å²) in [7, 11) is 1.32. The molecule has 0 bridgehead atoms. The van der Waals surface area contributed by atoms with Gasteiger partial charge in [-0.15, -0.1) is 0 Å². The van der Waals surface area contributed by atoms with E-state index in [-0.39, 0.29) is 12.3 Å². The first kappa shape index (κ1) is 20.1. The molecule has 0 saturated carbocycles. The van der Waals surface area contributed by atoms with Gasteiger partial charge in [-0.05, 0) is 55.8 Å². The number of hydrogen-bond donors (Lipinski definition) is 1. The lowest BCUT2D eigenvalue weighted by atomic mass is 10.1. The SMILES string of the molecule is COC(=O)c1ccc(NC(=O)Cc2ccc(OCc3c(C)noc3C)cc2)cc1. The van der Waals surface area contributed by atoms with Gasteiger partial charge in [-0.1, -0.05) is 17.3 Å². The number of esters is 1. The molecule has 0 aliphatic rings. The molecule has 1 heterocycles. The van der Waals surface area contributed by atoms with Gasteiger partial charge in [0, 0.05) is 5.69 Å². The van der Waals surface area contributed by atoms with E-state index in [2.05, 4.69) is 15.2 Å². The van der Waals surface area contributed by atoms with Crippen LogP contribution in [0.5, 0.6) is 5.75 Å². The summed E-state index contributed by atoms with van der Waals surface area (Å²) in [5.74, 6) is 0.878. The molecule has 0 aliphatic carbocycles. The van der Waals surface area contributed by atoms with E-state index in [0.29, 0.717) is 23.6 Å². The molecular weight excluding hydrogens is 372 g/mol. The summed E-state index contributed by atoms with van der Waals surface area (Å²) >= 11 is 0. The molecule has 150 valence electrons. The summed E-state index contributed by atoms with van der Waals surface area (Å²) in [6.07, 6.45) is 0.225. The number of benzene rings is 2. The van der Waals surface area contributed by atoms with E-state index in [1.807, 2.05) is 38.1 Å². The quantitative estimate of drug-likeness (QED) is 0.613. The van der Waals surface area contributed by atoms with E-state index < -0.39 is 5.97 Å². The predicted molar refractivity (Wildman–Crippen MR) is 107 cm³/mol. The topological polar surface area (TPSA) is 90.7 Å². The number of carbonyl (C=O) groups excluding carboxylic acids is 2. The van der Waals surface area contributed by atoms with Crippen LogP contribution in [-0.4, -0.2) is 24.1 Å². The third kappa shape index (κ3) is 5.22. The van der Waals surface area contributed by atoms with Gasteiger partial charge in [0.1, 0.15) is 18.1 Å². The van der Waals surface area contributed by atoms with Gasteiger partial charge in [0.15, 0.2) is 0 Å². The Morgan fingerprint density at radius 2 is 1.72 bits per heavy atom. The molecule has 0 saturated heterocycles. The lowest BCUT2D eigenvalue weighted by molar-refractivity contribution is -0.115. The number of ether oxygens (including phenoxy) is 2. The van der Waals surface area contributed by atoms with E-state index in [9.17, 15) is 9.59 Å². The Bertz CT molecular complexity index is 972. The smallest absolute Gasteiger partial charge is 0.337 e. The summed E-state index contributed by atoms with van der Waals surface area (Å²) < 4.78 is 15.5. The summed E-state index contributed by atoms with van der Waals surface area (Å²) in [5, 5.41) is 6.71. The fraction of sp³-hybridized carbons (Fsp3) is 0.227. The maximum atomic E-state index is 12.2. The number of carbonyl (C=O) groups is 2. The third-order valence-corrected chi connectivity index (χ3v) is 4.44. The van der Waals surface area contributed by atoms with E-state index in [1.54, 1.807) is 24.3 Å². The van der Waals surface area contributed by atoms with Gasteiger partial charge in [-0.25, -0.2) is 4.79 Å². The summed E-state index contributed by atoms with van der Waals surface area (Å²) in [6, 6.07) is 13.9. The monoisotopic (exact) mass is 394 g/mol. The van der Waals surface area contributed by atoms with Gasteiger partial charge in [-0.2, -0.15) is 0 Å². The molecule has 0 spiro atoms. The lowest BCUT2D eigenvalue weighted by Crippen LogP contribution is -2.14. The molecule has 0 fully saturated rings. The summed E-state index contributed by atoms with van der Waals surface area (Å²) in [4.78, 5) is 23.7. The minimum Gasteiger partial charge on any atom is -0.489 e. The zero-order valence-corrected chi connectivity index (χ0v) is 16.5. The minimum absolute atomic E-state index is 0.153. The van der Waals surface area contributed by atoms with Crippen LogP contribution in [0.3, 0.4) is 0 Å². The van der Waals surface area contributed by atoms with Gasteiger partial charge in [0.05, 0.1) is 30.4 Å². The van der Waals surface area contributed by atoms with Crippen LogP contribution in [-0.2, 0) is 22.6 Å². The maximum absolute atomic E-state index is 12.2. The van der Waals surface area contributed by atoms with Crippen LogP contribution >= 0.6 is 0 Å². The molecule has 3 rings (SSSR count). The second kappa shape index (κ2) is 9.05. The Labute approximate surface area is 168 Å². The van der Waals surface area contributed by atoms with Crippen LogP contribution in [0.25, 0.3) is 0 Å². The molecule has 0 atom stereocenters. The Hall–Kier alpha value is -3.61. The van der Waals surface area contributed by atoms with Crippen molar-refractivity contribution in [3.8, 4) is 5.75 Å². The van der Waals surface area contributed by atoms with Crippen LogP contribution in [0, 0.1) is 13.8 Å². The van der Waals surface area contributed by atoms with Gasteiger partial charge in [0.2, 0.25) is 5.91 Å². The number of rotatable bonds is 7. The van der Waals surface area contributed by atoms with Gasteiger partial charge < -0.3 is 19.3 Å². The summed E-state index contributed by atoms with van der Waals surface area (Å²) in [6.45, 7) is 4.10. The molecular formula is C22H22N2O5. The van der Waals surface area contributed by atoms with Crippen molar-refractivity contribution in [2.75, 3.05) is 12.4 Å². The molecule has 1 N–H and O–H groups in total. The van der Waals surface area contributed by atoms with Crippen molar-refractivity contribution in [1.29, 1.82) is 0 Å². The number of aromatic nitrogens is 1. The Morgan fingerprint density at radius 1 is 1.03 bits per heavy atom. The maximum Gasteiger partial charge on any atom is 0.337 e. The van der Waals surface area contributed by atoms with Crippen molar-refractivity contribution in [3.63, 3.8) is 0 Å². The van der Waals surface area contributed by atoms with Gasteiger partial charge >= 0.3 is 5.97 Å². The highest BCUT2D eigenvalue weighted by Crippen LogP contribution is 2.18. The average molecular weight is 394 g/mol. The van der Waals surface area contributed by atoms with Gasteiger partial charge in [0.25, 0.3) is 0 Å². The first-order chi connectivity index (χ1) is 14.0. The standard InChI is InChI=1S/C22H22N2O5/c1-14-20(15(2)29-24-14)13-28-19-10-4-16(5-11-19)12-21(25)23-18-8-6-17(7-9-18)22(26)27-3/h4-11H,12-13H2,1-3H3,(H,23,25). The largest absolute Gasteiger partial charge is 0.489 e. The molecule has 0 unspecified atom stereocenters. The fourth-order valence-corrected chi connectivity index (χ4v) is 2.77. The molecule has 1 aromatic heterocycles. The van der Waals surface area contributed by atoms with Crippen LogP contribution in [0.1, 0.15) is 32.9 Å². The van der Waals surface area contributed by atoms with Crippen molar-refractivity contribution in [2.24, 2.45) is 0 Å². The summed E-state index contributed by atoms with van der Waals surface area (Å²) in [5.41, 5.74) is 3.65. The zero-order chi connectivity index (χ0) is 20.8. The second-order valence-electron chi connectivity index (χ2n) is 6.53. The highest BCUT2D eigenvalue weighted by Gasteiger charge is 2.10. The number of nitrogens with one attached hydrogen (secondary N) is 1. The number of aryl methyl sites for hydroxylation is 2. The van der Waals surface area contributed by atoms with Crippen molar-refractivity contribution in [2.45, 2.75) is 26.9 Å². The first-order valence-electron chi connectivity index (χ1n) is 9.08. The van der Waals surface area contributed by atoms with Crippen LogP contribution < -0.4 is 10.1 Å². The van der Waals surface area contributed by atoms with E-state index in [0.717, 1.165) is 22.6 Å². The molecule has 7 heteroatoms. The third-order valence-electron chi connectivity index (χ3n) is 4.44. The molecule has 2 aromatic carbocycles. The second-order valence-corrected chi connectivity index (χ2v) is 6.53. The number of amides is 1. The molecule has 3 aromatic rings. The number of nitrogens with zero attached hydrogens (tertiary/aromatic N) is 1. The van der Waals surface area contributed by atoms with Crippen molar-refractivity contribution >= 4 is 17.6 Å². The van der Waals surface area contributed by atoms with Crippen molar-refractivity contribution in [1.82, 2.24) is 5.16 Å². The van der Waals surface area contributed by atoms with Crippen molar-refractivity contribution < 1.29 is 23.6 Å². The zero-order valence-electron chi connectivity index (χ0n) is 16.5. The number of hydrogen-bond acceptors (Lipinski definition) is 6. The Kier molecular flexibility index (Phi) is 6.29. The lowest BCUT2D eigenvalue weighted by Gasteiger charge is -2.08. The number of methoxy groups -OCH3 is 1. The van der Waals surface area contributed by atoms with Crippen LogP contribution in [0.15, 0.2) is 53.1 Å². The van der Waals surface area contributed by atoms with Crippen molar-refractivity contribution in [3.05, 3.63) is 76.7 Å². The average Bonchev–Trinajstić information content (AvgIpc) is 3.05. The highest BCUT2D eigenvalue weighted by molar-refractivity contribution is 5.94. The van der Waals surface area contributed by atoms with E-state index in [4.69, 9.17) is 9.26 Å². The molecule has 7 nitrogen and oxygen atoms in total. The molecule has 29 heavy (non-hydrogen) atoms. The molecule has 0 aliphatic heterocycles. The normalized spacial score (nSPS) is 10.4. The Balaban J connectivity index is 1.52. The Morgan fingerprint density at radius 3 is 2.31 bits per heavy atom.